The number of aryl methyl sites for hydroxylation is 1. The van der Waals surface area contributed by atoms with Gasteiger partial charge in [-0.2, -0.15) is 18.3 Å². The first-order valence-corrected chi connectivity index (χ1v) is 11.2. The van der Waals surface area contributed by atoms with Crippen molar-refractivity contribution in [3.63, 3.8) is 0 Å². The molecule has 0 atom stereocenters. The molecule has 0 spiro atoms. The molecule has 0 saturated heterocycles. The molecule has 0 aliphatic rings. The zero-order chi connectivity index (χ0) is 25.4. The Kier molecular flexibility index (Phi) is 6.36. The van der Waals surface area contributed by atoms with Gasteiger partial charge in [0.2, 0.25) is 0 Å². The van der Waals surface area contributed by atoms with Crippen LogP contribution in [0.5, 0.6) is 0 Å². The second-order valence-electron chi connectivity index (χ2n) is 9.64. The molecule has 3 heterocycles. The molecular weight excluding hydrogens is 455 g/mol. The van der Waals surface area contributed by atoms with Crippen LogP contribution in [0.2, 0.25) is 0 Å². The molecule has 4 rings (SSSR count). The van der Waals surface area contributed by atoms with Crippen LogP contribution in [0.25, 0.3) is 28.2 Å². The zero-order valence-corrected chi connectivity index (χ0v) is 20.0. The second-order valence-corrected chi connectivity index (χ2v) is 9.64. The highest BCUT2D eigenvalue weighted by atomic mass is 19.4. The summed E-state index contributed by atoms with van der Waals surface area (Å²) in [7, 11) is 0. The van der Waals surface area contributed by atoms with E-state index >= 15 is 0 Å². The number of carbonyl (C=O) groups excluding carboxylic acids is 1. The molecule has 0 fully saturated rings. The van der Waals surface area contributed by atoms with Gasteiger partial charge in [-0.1, -0.05) is 44.5 Å². The number of imidazole rings is 1. The Bertz CT molecular complexity index is 1370. The van der Waals surface area contributed by atoms with Crippen LogP contribution in [-0.4, -0.2) is 38.2 Å². The molecule has 35 heavy (non-hydrogen) atoms. The summed E-state index contributed by atoms with van der Waals surface area (Å²) in [6.45, 7) is 7.58. The number of anilines is 1. The molecule has 182 valence electrons. The van der Waals surface area contributed by atoms with Gasteiger partial charge in [-0.15, -0.1) is 0 Å². The van der Waals surface area contributed by atoms with E-state index in [-0.39, 0.29) is 17.8 Å². The molecule has 1 amide bonds. The van der Waals surface area contributed by atoms with Gasteiger partial charge in [0.1, 0.15) is 11.5 Å². The number of pyridine rings is 1. The number of rotatable bonds is 5. The average Bonchev–Trinajstić information content (AvgIpc) is 3.18. The van der Waals surface area contributed by atoms with Crippen molar-refractivity contribution in [1.29, 1.82) is 0 Å². The Balaban J connectivity index is 1.87. The molecule has 0 aliphatic heterocycles. The third-order valence-corrected chi connectivity index (χ3v) is 5.55. The summed E-state index contributed by atoms with van der Waals surface area (Å²) in [5.41, 5.74) is 3.99. The van der Waals surface area contributed by atoms with E-state index in [9.17, 15) is 18.0 Å². The molecule has 0 N–H and O–H groups in total. The van der Waals surface area contributed by atoms with Crippen LogP contribution >= 0.6 is 0 Å². The number of nitrogens with zero attached hydrogens (tertiary/aromatic N) is 5. The number of hydrogen-bond acceptors (Lipinski definition) is 4. The van der Waals surface area contributed by atoms with Crippen molar-refractivity contribution < 1.29 is 18.0 Å². The molecule has 0 bridgehead atoms. The van der Waals surface area contributed by atoms with Gasteiger partial charge in [0, 0.05) is 30.1 Å². The largest absolute Gasteiger partial charge is 0.471 e. The lowest BCUT2D eigenvalue weighted by Crippen LogP contribution is -2.43. The number of alkyl halides is 3. The molecule has 0 saturated carbocycles. The van der Waals surface area contributed by atoms with E-state index in [1.807, 2.05) is 52.0 Å². The molecule has 3 aromatic heterocycles. The van der Waals surface area contributed by atoms with E-state index in [1.54, 1.807) is 28.9 Å². The number of amides is 1. The maximum atomic E-state index is 13.5. The summed E-state index contributed by atoms with van der Waals surface area (Å²) < 4.78 is 42.0. The number of carbonyl (C=O) groups is 1. The van der Waals surface area contributed by atoms with Crippen molar-refractivity contribution in [2.45, 2.75) is 40.3 Å². The van der Waals surface area contributed by atoms with Gasteiger partial charge >= 0.3 is 12.1 Å². The predicted octanol–water partition coefficient (Wildman–Crippen LogP) is 6.10. The summed E-state index contributed by atoms with van der Waals surface area (Å²) in [5, 5.41) is 4.42. The molecule has 6 nitrogen and oxygen atoms in total. The zero-order valence-electron chi connectivity index (χ0n) is 20.0. The maximum Gasteiger partial charge on any atom is 0.471 e. The van der Waals surface area contributed by atoms with E-state index in [2.05, 4.69) is 10.1 Å². The van der Waals surface area contributed by atoms with E-state index < -0.39 is 12.1 Å². The quantitative estimate of drug-likeness (QED) is 0.346. The minimum absolute atomic E-state index is 0.0739. The lowest BCUT2D eigenvalue weighted by Gasteiger charge is -2.27. The van der Waals surface area contributed by atoms with Crippen LogP contribution in [0.3, 0.4) is 0 Å². The first-order chi connectivity index (χ1) is 16.4. The van der Waals surface area contributed by atoms with E-state index in [4.69, 9.17) is 4.98 Å². The fourth-order valence-electron chi connectivity index (χ4n) is 3.78. The minimum Gasteiger partial charge on any atom is -0.289 e. The fraction of sp³-hybridized carbons (Fsp3) is 0.308. The number of aromatic nitrogens is 4. The van der Waals surface area contributed by atoms with Crippen molar-refractivity contribution in [1.82, 2.24) is 19.6 Å². The number of fused-ring (bicyclic) bond motifs is 1. The lowest BCUT2D eigenvalue weighted by molar-refractivity contribution is -0.170. The number of benzene rings is 1. The van der Waals surface area contributed by atoms with Gasteiger partial charge in [-0.05, 0) is 49.1 Å². The van der Waals surface area contributed by atoms with Crippen molar-refractivity contribution >= 4 is 17.4 Å². The van der Waals surface area contributed by atoms with Crippen LogP contribution < -0.4 is 4.90 Å². The summed E-state index contributed by atoms with van der Waals surface area (Å²) >= 11 is 0. The third kappa shape index (κ3) is 5.34. The summed E-state index contributed by atoms with van der Waals surface area (Å²) in [5.74, 6) is -2.02. The minimum atomic E-state index is -5.02. The highest BCUT2D eigenvalue weighted by Gasteiger charge is 2.43. The van der Waals surface area contributed by atoms with Crippen LogP contribution in [-0.2, 0) is 4.79 Å². The normalized spacial score (nSPS) is 12.2. The van der Waals surface area contributed by atoms with Crippen LogP contribution in [0.15, 0.2) is 60.9 Å². The number of halogens is 3. The van der Waals surface area contributed by atoms with Gasteiger partial charge in [-0.25, -0.2) is 14.5 Å². The standard InChI is InChI=1S/C26H26F3N5O/c1-17-7-5-8-18(15-17)22-23(34-20(32-22)9-6-12-31-34)19-10-13-30-21(16-19)33(14-11-25(2,3)4)24(35)26(27,28)29/h5-10,12-13,15-16H,11,14H2,1-4H3. The third-order valence-electron chi connectivity index (χ3n) is 5.55. The predicted molar refractivity (Wildman–Crippen MR) is 129 cm³/mol. The summed E-state index contributed by atoms with van der Waals surface area (Å²) in [6, 6.07) is 14.5. The van der Waals surface area contributed by atoms with Gasteiger partial charge in [0.15, 0.2) is 5.65 Å². The Hall–Kier alpha value is -3.75. The van der Waals surface area contributed by atoms with E-state index in [1.165, 1.54) is 12.3 Å². The van der Waals surface area contributed by atoms with E-state index in [0.717, 1.165) is 11.1 Å². The summed E-state index contributed by atoms with van der Waals surface area (Å²) in [6.07, 6.45) is -1.64. The molecular formula is C26H26F3N5O. The van der Waals surface area contributed by atoms with Crippen molar-refractivity contribution in [3.05, 3.63) is 66.5 Å². The molecule has 9 heteroatoms. The van der Waals surface area contributed by atoms with Crippen molar-refractivity contribution in [2.75, 3.05) is 11.4 Å². The smallest absolute Gasteiger partial charge is 0.289 e. The lowest BCUT2D eigenvalue weighted by atomic mass is 9.92. The molecule has 4 aromatic rings. The maximum absolute atomic E-state index is 13.5. The Morgan fingerprint density at radius 2 is 1.77 bits per heavy atom. The molecule has 0 unspecified atom stereocenters. The summed E-state index contributed by atoms with van der Waals surface area (Å²) in [4.78, 5) is 21.9. The Labute approximate surface area is 201 Å². The fourth-order valence-corrected chi connectivity index (χ4v) is 3.78. The molecule has 1 aromatic carbocycles. The highest BCUT2D eigenvalue weighted by Crippen LogP contribution is 2.34. The molecule has 0 aliphatic carbocycles. The average molecular weight is 482 g/mol. The van der Waals surface area contributed by atoms with Crippen molar-refractivity contribution in [3.8, 4) is 22.5 Å². The van der Waals surface area contributed by atoms with Gasteiger partial charge < -0.3 is 0 Å². The Morgan fingerprint density at radius 3 is 2.46 bits per heavy atom. The van der Waals surface area contributed by atoms with Crippen LogP contribution in [0.1, 0.15) is 32.8 Å². The molecule has 0 radical (unpaired) electrons. The van der Waals surface area contributed by atoms with Crippen LogP contribution in [0, 0.1) is 12.3 Å². The Morgan fingerprint density at radius 1 is 1.00 bits per heavy atom. The second kappa shape index (κ2) is 9.13. The van der Waals surface area contributed by atoms with Crippen molar-refractivity contribution in [2.24, 2.45) is 5.41 Å². The monoisotopic (exact) mass is 481 g/mol. The first-order valence-electron chi connectivity index (χ1n) is 11.2. The highest BCUT2D eigenvalue weighted by molar-refractivity contribution is 5.97. The first kappa shape index (κ1) is 24.4. The topological polar surface area (TPSA) is 63.4 Å². The SMILES string of the molecule is Cc1cccc(-c2nc3cccnn3c2-c2ccnc(N(CCC(C)(C)C)C(=O)C(F)(F)F)c2)c1. The van der Waals surface area contributed by atoms with Crippen LogP contribution in [0.4, 0.5) is 19.0 Å². The number of hydrogen-bond donors (Lipinski definition) is 0. The van der Waals surface area contributed by atoms with E-state index in [0.29, 0.717) is 33.9 Å². The van der Waals surface area contributed by atoms with Gasteiger partial charge in [-0.3, -0.25) is 9.69 Å². The van der Waals surface area contributed by atoms with Gasteiger partial charge in [0.05, 0.1) is 5.69 Å². The van der Waals surface area contributed by atoms with Gasteiger partial charge in [0.25, 0.3) is 0 Å².